The van der Waals surface area contributed by atoms with Crippen molar-refractivity contribution in [2.24, 2.45) is 11.3 Å². The Hall–Kier alpha value is -0.970. The van der Waals surface area contributed by atoms with E-state index in [9.17, 15) is 14.4 Å². The average molecular weight is 519 g/mol. The molecule has 5 atom stereocenters. The highest BCUT2D eigenvalue weighted by molar-refractivity contribution is 7.87. The van der Waals surface area contributed by atoms with Gasteiger partial charge in [-0.15, -0.1) is 0 Å². The van der Waals surface area contributed by atoms with Crippen molar-refractivity contribution < 1.29 is 14.4 Å². The number of fused-ring (bicyclic) bond motifs is 1. The highest BCUT2D eigenvalue weighted by atomic mass is 32.2. The second kappa shape index (κ2) is 12.7. The molecule has 2 N–H and O–H groups in total. The van der Waals surface area contributed by atoms with E-state index in [1.807, 2.05) is 0 Å². The third-order valence-corrected chi connectivity index (χ3v) is 10.6. The van der Waals surface area contributed by atoms with Gasteiger partial charge in [0.15, 0.2) is 0 Å². The predicted octanol–water partition coefficient (Wildman–Crippen LogP) is 7.96. The monoisotopic (exact) mass is 518 g/mol. The summed E-state index contributed by atoms with van der Waals surface area (Å²) in [6, 6.07) is 0. The molecule has 0 aliphatic heterocycles. The highest BCUT2D eigenvalue weighted by Crippen LogP contribution is 2.56. The van der Waals surface area contributed by atoms with E-state index in [4.69, 9.17) is 0 Å². The minimum atomic E-state index is -0.866. The first-order valence-corrected chi connectivity index (χ1v) is 15.4. The van der Waals surface area contributed by atoms with Crippen LogP contribution in [-0.2, 0) is 10.8 Å². The Morgan fingerprint density at radius 2 is 1.81 bits per heavy atom. The second-order valence-corrected chi connectivity index (χ2v) is 15.9. The zero-order valence-corrected chi connectivity index (χ0v) is 25.3. The molecular weight excluding hydrogens is 464 g/mol. The Morgan fingerprint density at radius 3 is 2.42 bits per heavy atom. The van der Waals surface area contributed by atoms with Gasteiger partial charge in [-0.3, -0.25) is 4.21 Å². The third-order valence-electron chi connectivity index (χ3n) is 8.26. The predicted molar refractivity (Wildman–Crippen MR) is 156 cm³/mol. The van der Waals surface area contributed by atoms with Crippen LogP contribution >= 0.6 is 0 Å². The summed E-state index contributed by atoms with van der Waals surface area (Å²) in [4.78, 5) is 0. The van der Waals surface area contributed by atoms with Gasteiger partial charge in [0.1, 0.15) is 0 Å². The number of aliphatic hydroxyl groups is 2. The number of hydrogen-bond acceptors (Lipinski definition) is 3. The minimum Gasteiger partial charge on any atom is -0.393 e. The van der Waals surface area contributed by atoms with E-state index in [2.05, 4.69) is 80.2 Å². The molecule has 0 spiro atoms. The second-order valence-electron chi connectivity index (χ2n) is 13.1. The number of rotatable bonds is 6. The van der Waals surface area contributed by atoms with Gasteiger partial charge in [-0.2, -0.15) is 0 Å². The molecule has 0 aromatic heterocycles. The molecule has 0 heterocycles. The van der Waals surface area contributed by atoms with Crippen LogP contribution < -0.4 is 0 Å². The molecule has 0 bridgehead atoms. The lowest BCUT2D eigenvalue weighted by Gasteiger charge is -2.41. The maximum atomic E-state index is 13.0. The van der Waals surface area contributed by atoms with Crippen molar-refractivity contribution in [3.8, 4) is 0 Å². The molecule has 0 aromatic rings. The highest BCUT2D eigenvalue weighted by Gasteiger charge is 2.44. The molecule has 2 saturated carbocycles. The molecule has 3 rings (SSSR count). The van der Waals surface area contributed by atoms with Crippen LogP contribution in [0.2, 0.25) is 0 Å². The summed E-state index contributed by atoms with van der Waals surface area (Å²) in [6.45, 7) is 21.3. The van der Waals surface area contributed by atoms with Gasteiger partial charge in [-0.05, 0) is 108 Å². The third kappa shape index (κ3) is 7.54. The van der Waals surface area contributed by atoms with E-state index in [-0.39, 0.29) is 14.9 Å². The Kier molecular flexibility index (Phi) is 11.0. The normalized spacial score (nSPS) is 32.1. The number of aliphatic hydroxyl groups excluding tert-OH is 2. The van der Waals surface area contributed by atoms with Crippen molar-refractivity contribution in [3.63, 3.8) is 0 Å². The first kappa shape index (κ1) is 31.2. The molecule has 2 fully saturated rings. The summed E-state index contributed by atoms with van der Waals surface area (Å²) >= 11 is 0. The smallest absolute Gasteiger partial charge is 0.0811 e. The largest absolute Gasteiger partial charge is 0.393 e. The zero-order chi connectivity index (χ0) is 27.3. The topological polar surface area (TPSA) is 57.5 Å². The van der Waals surface area contributed by atoms with Crippen molar-refractivity contribution >= 4 is 10.8 Å². The lowest BCUT2D eigenvalue weighted by atomic mass is 9.63. The average Bonchev–Trinajstić information content (AvgIpc) is 3.11. The Morgan fingerprint density at radius 1 is 1.17 bits per heavy atom. The molecule has 0 radical (unpaired) electrons. The summed E-state index contributed by atoms with van der Waals surface area (Å²) in [5.41, 5.74) is 5.06. The molecular formula is C32H54O3S. The summed E-state index contributed by atoms with van der Waals surface area (Å²) < 4.78 is 12.6. The van der Waals surface area contributed by atoms with Crippen LogP contribution in [0.1, 0.15) is 120 Å². The van der Waals surface area contributed by atoms with Crippen LogP contribution in [0.5, 0.6) is 0 Å². The van der Waals surface area contributed by atoms with Crippen LogP contribution in [0.3, 0.4) is 0 Å². The molecule has 206 valence electrons. The van der Waals surface area contributed by atoms with Crippen LogP contribution in [0.15, 0.2) is 47.1 Å². The van der Waals surface area contributed by atoms with E-state index < -0.39 is 23.0 Å². The summed E-state index contributed by atoms with van der Waals surface area (Å²) in [6.07, 6.45) is 15.8. The van der Waals surface area contributed by atoms with Gasteiger partial charge in [0.25, 0.3) is 0 Å². The van der Waals surface area contributed by atoms with E-state index in [1.54, 1.807) is 5.57 Å². The quantitative estimate of drug-likeness (QED) is 0.351. The lowest BCUT2D eigenvalue weighted by molar-refractivity contribution is 0.0862. The summed E-state index contributed by atoms with van der Waals surface area (Å²) in [5.74, 6) is 0.543. The van der Waals surface area contributed by atoms with E-state index in [0.29, 0.717) is 18.8 Å². The van der Waals surface area contributed by atoms with E-state index in [1.165, 1.54) is 24.8 Å². The standard InChI is InChI=1S/C29H46O3S.C3H8/c1-20-22(18-24(30)19-26(20)31)13-12-21-10-8-17-29(7)23(14-15-25(21)29)11-9-16-28(5,6)33(32)27(2,3)4;1-3-2/h12-14,24-26,30-31H,1,8-11,15-19H2,2-7H3;3H2,1-2H3/b21-12+,22-13-;. The van der Waals surface area contributed by atoms with Crippen molar-refractivity contribution in [3.05, 3.63) is 47.1 Å². The van der Waals surface area contributed by atoms with Gasteiger partial charge in [0.05, 0.1) is 12.2 Å². The fourth-order valence-corrected chi connectivity index (χ4v) is 8.37. The fraction of sp³-hybridized carbons (Fsp3) is 0.750. The van der Waals surface area contributed by atoms with Crippen molar-refractivity contribution in [2.75, 3.05) is 0 Å². The zero-order valence-electron chi connectivity index (χ0n) is 24.5. The van der Waals surface area contributed by atoms with Crippen molar-refractivity contribution in [1.82, 2.24) is 0 Å². The number of hydrogen-bond donors (Lipinski definition) is 2. The molecule has 4 heteroatoms. The molecule has 0 amide bonds. The van der Waals surface area contributed by atoms with Gasteiger partial charge in [-0.25, -0.2) is 0 Å². The molecule has 0 aromatic carbocycles. The lowest BCUT2D eigenvalue weighted by Crippen LogP contribution is -2.38. The first-order chi connectivity index (χ1) is 16.7. The molecule has 36 heavy (non-hydrogen) atoms. The molecule has 3 aliphatic carbocycles. The summed E-state index contributed by atoms with van der Waals surface area (Å²) in [5, 5.41) is 20.2. The first-order valence-electron chi connectivity index (χ1n) is 14.2. The van der Waals surface area contributed by atoms with Crippen LogP contribution in [0.25, 0.3) is 0 Å². The van der Waals surface area contributed by atoms with E-state index in [0.717, 1.165) is 43.3 Å². The SMILES string of the molecule is C=C1/C(=C\C=C2/CCCC3(C)C(CCCC(C)(C)S(=O)C(C)(C)C)=CCC23)CC(O)CC1O.CCC. The summed E-state index contributed by atoms with van der Waals surface area (Å²) in [7, 11) is -0.866. The Labute approximate surface area is 224 Å². The maximum Gasteiger partial charge on any atom is 0.0811 e. The molecule has 3 nitrogen and oxygen atoms in total. The number of allylic oxidation sites excluding steroid dienone is 5. The van der Waals surface area contributed by atoms with Gasteiger partial charge < -0.3 is 10.2 Å². The van der Waals surface area contributed by atoms with Gasteiger partial charge in [0, 0.05) is 26.7 Å². The molecule has 5 unspecified atom stereocenters. The van der Waals surface area contributed by atoms with Gasteiger partial charge in [-0.1, -0.05) is 63.1 Å². The van der Waals surface area contributed by atoms with Crippen LogP contribution in [0.4, 0.5) is 0 Å². The Bertz CT molecular complexity index is 886. The van der Waals surface area contributed by atoms with Gasteiger partial charge in [0.2, 0.25) is 0 Å². The maximum absolute atomic E-state index is 13.0. The van der Waals surface area contributed by atoms with Crippen LogP contribution in [-0.4, -0.2) is 36.1 Å². The van der Waals surface area contributed by atoms with Crippen molar-refractivity contribution in [1.29, 1.82) is 0 Å². The molecule has 0 saturated heterocycles. The van der Waals surface area contributed by atoms with Gasteiger partial charge >= 0.3 is 0 Å². The molecule has 3 aliphatic rings. The minimum absolute atomic E-state index is 0.168. The Balaban J connectivity index is 0.00000145. The van der Waals surface area contributed by atoms with E-state index >= 15 is 0 Å². The van der Waals surface area contributed by atoms with Crippen LogP contribution in [0, 0.1) is 11.3 Å². The van der Waals surface area contributed by atoms with Crippen molar-refractivity contribution in [2.45, 2.75) is 141 Å². The fourth-order valence-electron chi connectivity index (χ4n) is 6.38.